The summed E-state index contributed by atoms with van der Waals surface area (Å²) in [6.07, 6.45) is 0. The lowest BCUT2D eigenvalue weighted by molar-refractivity contribution is 1.64. The molecule has 0 N–H and O–H groups in total. The molecule has 0 atom stereocenters. The van der Waals surface area contributed by atoms with Gasteiger partial charge in [-0.2, -0.15) is 11.3 Å². The van der Waals surface area contributed by atoms with Crippen molar-refractivity contribution in [3.8, 4) is 0 Å². The summed E-state index contributed by atoms with van der Waals surface area (Å²) < 4.78 is 2.76. The Morgan fingerprint density at radius 3 is 1.73 bits per heavy atom. The lowest BCUT2D eigenvalue weighted by Gasteiger charge is -1.82. The summed E-state index contributed by atoms with van der Waals surface area (Å²) in [4.78, 5) is 2.77. The van der Waals surface area contributed by atoms with Crippen molar-refractivity contribution < 1.29 is 0 Å². The summed E-state index contributed by atoms with van der Waals surface area (Å²) in [6.45, 7) is 4.25. The summed E-state index contributed by atoms with van der Waals surface area (Å²) >= 11 is 7.13. The van der Waals surface area contributed by atoms with E-state index in [0.29, 0.717) is 0 Å². The average Bonchev–Trinajstić information content (AvgIpc) is 3.56. The first-order valence-corrected chi connectivity index (χ1v) is 13.1. The van der Waals surface area contributed by atoms with Gasteiger partial charge >= 0.3 is 0 Å². The second kappa shape index (κ2) is 12.5. The molecule has 152 valence electrons. The third kappa shape index (κ3) is 7.54. The van der Waals surface area contributed by atoms with Gasteiger partial charge in [0.15, 0.2) is 0 Å². The first-order valence-electron chi connectivity index (χ1n) is 9.57. The summed E-state index contributed by atoms with van der Waals surface area (Å²) in [5.74, 6) is 0. The zero-order chi connectivity index (χ0) is 21.0. The van der Waals surface area contributed by atoms with Gasteiger partial charge in [0, 0.05) is 19.2 Å². The lowest BCUT2D eigenvalue weighted by Crippen LogP contribution is -1.56. The number of hydrogen-bond acceptors (Lipinski definition) is 4. The molecule has 0 amide bonds. The molecule has 6 aromatic rings. The molecule has 4 heterocycles. The van der Waals surface area contributed by atoms with E-state index in [1.807, 2.05) is 34.2 Å². The first-order chi connectivity index (χ1) is 14.7. The van der Waals surface area contributed by atoms with Crippen LogP contribution in [0.15, 0.2) is 106 Å². The molecular formula is C26H24S4. The van der Waals surface area contributed by atoms with E-state index in [0.717, 1.165) is 0 Å². The van der Waals surface area contributed by atoms with Crippen molar-refractivity contribution in [2.24, 2.45) is 0 Å². The minimum Gasteiger partial charge on any atom is -0.152 e. The average molecular weight is 465 g/mol. The van der Waals surface area contributed by atoms with E-state index in [2.05, 4.69) is 97.4 Å². The van der Waals surface area contributed by atoms with Crippen LogP contribution in [0.25, 0.3) is 20.2 Å². The maximum Gasteiger partial charge on any atom is 0.0345 e. The summed E-state index contributed by atoms with van der Waals surface area (Å²) in [7, 11) is 0. The van der Waals surface area contributed by atoms with Crippen LogP contribution < -0.4 is 0 Å². The van der Waals surface area contributed by atoms with Gasteiger partial charge in [-0.3, -0.25) is 0 Å². The van der Waals surface area contributed by atoms with Crippen molar-refractivity contribution in [2.45, 2.75) is 13.8 Å². The summed E-state index contributed by atoms with van der Waals surface area (Å²) in [6, 6.07) is 29.4. The zero-order valence-corrected chi connectivity index (χ0v) is 20.3. The first kappa shape index (κ1) is 22.4. The van der Waals surface area contributed by atoms with E-state index in [1.165, 1.54) is 29.9 Å². The van der Waals surface area contributed by atoms with Crippen molar-refractivity contribution in [1.82, 2.24) is 0 Å². The molecule has 0 unspecified atom stereocenters. The van der Waals surface area contributed by atoms with Crippen LogP contribution in [0.3, 0.4) is 0 Å². The highest BCUT2D eigenvalue weighted by Gasteiger charge is 1.93. The van der Waals surface area contributed by atoms with Gasteiger partial charge in [0.1, 0.15) is 0 Å². The Morgan fingerprint density at radius 1 is 0.500 bits per heavy atom. The quantitative estimate of drug-likeness (QED) is 0.210. The van der Waals surface area contributed by atoms with Gasteiger partial charge in [-0.1, -0.05) is 54.6 Å². The maximum absolute atomic E-state index is 2.22. The predicted molar refractivity (Wildman–Crippen MR) is 142 cm³/mol. The van der Waals surface area contributed by atoms with Gasteiger partial charge in [0.2, 0.25) is 0 Å². The van der Waals surface area contributed by atoms with Crippen LogP contribution in [0.4, 0.5) is 0 Å². The molecule has 4 heteroatoms. The molecule has 30 heavy (non-hydrogen) atoms. The Hall–Kier alpha value is -2.24. The van der Waals surface area contributed by atoms with Crippen molar-refractivity contribution >= 4 is 65.5 Å². The fourth-order valence-electron chi connectivity index (χ4n) is 2.61. The molecule has 0 aliphatic carbocycles. The smallest absolute Gasteiger partial charge is 0.0345 e. The molecule has 0 aliphatic rings. The second-order valence-corrected chi connectivity index (χ2v) is 10.6. The lowest BCUT2D eigenvalue weighted by atomic mass is 10.2. The van der Waals surface area contributed by atoms with Crippen LogP contribution in [0.2, 0.25) is 0 Å². The monoisotopic (exact) mass is 464 g/mol. The number of hydrogen-bond donors (Lipinski definition) is 0. The minimum absolute atomic E-state index is 1.35. The molecule has 0 bridgehead atoms. The van der Waals surface area contributed by atoms with Gasteiger partial charge < -0.3 is 0 Å². The highest BCUT2D eigenvalue weighted by Crippen LogP contribution is 2.23. The van der Waals surface area contributed by atoms with E-state index in [9.17, 15) is 0 Å². The number of benzene rings is 2. The van der Waals surface area contributed by atoms with Crippen LogP contribution in [0.5, 0.6) is 0 Å². The fraction of sp³-hybridized carbons (Fsp3) is 0.0769. The SMILES string of the molecule is Cc1cc2ccccc2s1.Cc1cccs1.c1ccc2sccc2c1.c1ccsc1. The predicted octanol–water partition coefficient (Wildman–Crippen LogP) is 9.92. The van der Waals surface area contributed by atoms with Crippen LogP contribution in [0.1, 0.15) is 9.75 Å². The fourth-order valence-corrected chi connectivity index (χ4v) is 5.31. The number of aryl methyl sites for hydroxylation is 2. The van der Waals surface area contributed by atoms with Gasteiger partial charge in [-0.25, -0.2) is 0 Å². The third-order valence-corrected chi connectivity index (χ3v) is 7.36. The topological polar surface area (TPSA) is 0 Å². The maximum atomic E-state index is 2.22. The molecule has 0 fully saturated rings. The van der Waals surface area contributed by atoms with Crippen molar-refractivity contribution in [1.29, 1.82) is 0 Å². The van der Waals surface area contributed by atoms with Gasteiger partial charge in [0.05, 0.1) is 0 Å². The molecule has 0 nitrogen and oxygen atoms in total. The molecule has 0 aliphatic heterocycles. The Labute approximate surface area is 194 Å². The molecule has 0 saturated carbocycles. The molecule has 0 radical (unpaired) electrons. The molecule has 4 aromatic heterocycles. The molecule has 2 aromatic carbocycles. The third-order valence-electron chi connectivity index (χ3n) is 4.00. The molecule has 0 spiro atoms. The van der Waals surface area contributed by atoms with E-state index in [-0.39, 0.29) is 0 Å². The summed E-state index contributed by atoms with van der Waals surface area (Å²) in [5.41, 5.74) is 0. The number of thiophene rings is 4. The minimum atomic E-state index is 1.35. The van der Waals surface area contributed by atoms with Crippen molar-refractivity contribution in [3.63, 3.8) is 0 Å². The molecular weight excluding hydrogens is 441 g/mol. The Balaban J connectivity index is 0.000000118. The van der Waals surface area contributed by atoms with Crippen LogP contribution >= 0.6 is 45.3 Å². The molecule has 0 saturated heterocycles. The van der Waals surface area contributed by atoms with E-state index in [1.54, 1.807) is 34.0 Å². The van der Waals surface area contributed by atoms with Crippen molar-refractivity contribution in [3.05, 3.63) is 116 Å². The van der Waals surface area contributed by atoms with Crippen LogP contribution in [-0.2, 0) is 0 Å². The van der Waals surface area contributed by atoms with Crippen LogP contribution in [-0.4, -0.2) is 0 Å². The highest BCUT2D eigenvalue weighted by atomic mass is 32.1. The normalized spacial score (nSPS) is 9.67. The van der Waals surface area contributed by atoms with Gasteiger partial charge in [0.25, 0.3) is 0 Å². The van der Waals surface area contributed by atoms with E-state index in [4.69, 9.17) is 0 Å². The number of rotatable bonds is 0. The van der Waals surface area contributed by atoms with E-state index >= 15 is 0 Å². The van der Waals surface area contributed by atoms with E-state index < -0.39 is 0 Å². The highest BCUT2D eigenvalue weighted by molar-refractivity contribution is 7.19. The molecule has 6 rings (SSSR count). The van der Waals surface area contributed by atoms with Crippen molar-refractivity contribution in [2.75, 3.05) is 0 Å². The van der Waals surface area contributed by atoms with Crippen LogP contribution in [0, 0.1) is 13.8 Å². The van der Waals surface area contributed by atoms with Gasteiger partial charge in [-0.05, 0) is 76.5 Å². The standard InChI is InChI=1S/C9H8S.C8H6S.C5H6S.C4H4S/c1-7-6-8-4-2-3-5-9(8)10-7;1-2-4-8-7(3-1)5-6-9-8;1-5-3-2-4-6-5;1-2-4-5-3-1/h2-6H,1H3;1-6H;2-4H,1H3;1-4H. The Kier molecular flexibility index (Phi) is 9.32. The largest absolute Gasteiger partial charge is 0.152 e. The second-order valence-electron chi connectivity index (χ2n) is 6.37. The Bertz CT molecular complexity index is 1130. The van der Waals surface area contributed by atoms with Gasteiger partial charge in [-0.15, -0.1) is 34.0 Å². The zero-order valence-electron chi connectivity index (χ0n) is 17.0. The Morgan fingerprint density at radius 2 is 1.20 bits per heavy atom. The number of fused-ring (bicyclic) bond motifs is 2. The summed E-state index contributed by atoms with van der Waals surface area (Å²) in [5, 5.41) is 11.0.